The van der Waals surface area contributed by atoms with Gasteiger partial charge in [0.1, 0.15) is 11.0 Å². The SMILES string of the molecule is O=C(c1ccc2ccc(-c3ccccc3)cc2c1)N1C[C@@H]2[C@H](C1)[C@H]1CN(C(=O)c3ccc4n[nH]nc4c3)C[C@@H]21. The van der Waals surface area contributed by atoms with E-state index in [-0.39, 0.29) is 11.8 Å². The summed E-state index contributed by atoms with van der Waals surface area (Å²) in [5.41, 5.74) is 5.20. The van der Waals surface area contributed by atoms with Crippen LogP contribution in [0.3, 0.4) is 0 Å². The van der Waals surface area contributed by atoms with Gasteiger partial charge in [-0.2, -0.15) is 15.4 Å². The number of carbonyl (C=O) groups is 2. The molecule has 0 spiro atoms. The molecule has 4 atom stereocenters. The molecule has 2 saturated heterocycles. The van der Waals surface area contributed by atoms with Crippen LogP contribution in [0.5, 0.6) is 0 Å². The van der Waals surface area contributed by atoms with Gasteiger partial charge in [0.2, 0.25) is 0 Å². The first-order valence-corrected chi connectivity index (χ1v) is 13.6. The highest BCUT2D eigenvalue weighted by Crippen LogP contribution is 2.54. The lowest BCUT2D eigenvalue weighted by atomic mass is 9.60. The van der Waals surface area contributed by atoms with Gasteiger partial charge in [0, 0.05) is 37.3 Å². The summed E-state index contributed by atoms with van der Waals surface area (Å²) in [4.78, 5) is 30.8. The molecule has 4 aromatic carbocycles. The normalized spacial score (nSPS) is 23.6. The first-order valence-electron chi connectivity index (χ1n) is 13.6. The number of hydrogen-bond donors (Lipinski definition) is 1. The minimum Gasteiger partial charge on any atom is -0.338 e. The van der Waals surface area contributed by atoms with Gasteiger partial charge in [0.05, 0.1) is 0 Å². The first kappa shape index (κ1) is 22.5. The molecule has 2 aliphatic heterocycles. The standard InChI is InChI=1S/C32H27N5O2/c38-31(22-9-7-20-6-8-21(12-24(20)13-22)19-4-2-1-3-5-19)36-15-25-26(16-36)28-18-37(17-27(25)28)32(39)23-10-11-29-30(14-23)34-35-33-29/h1-14,25-28H,15-18H2,(H,33,34,35)/t25-,26+,27+,28-. The summed E-state index contributed by atoms with van der Waals surface area (Å²) in [6.45, 7) is 3.09. The van der Waals surface area contributed by atoms with Crippen molar-refractivity contribution < 1.29 is 9.59 Å². The van der Waals surface area contributed by atoms with Crippen LogP contribution in [0.15, 0.2) is 84.9 Å². The average molecular weight is 514 g/mol. The number of likely N-dealkylation sites (tertiary alicyclic amines) is 2. The average Bonchev–Trinajstić information content (AvgIpc) is 3.71. The van der Waals surface area contributed by atoms with Crippen LogP contribution in [-0.2, 0) is 0 Å². The van der Waals surface area contributed by atoms with E-state index in [0.29, 0.717) is 34.8 Å². The van der Waals surface area contributed by atoms with Gasteiger partial charge < -0.3 is 9.80 Å². The Bertz CT molecular complexity index is 1740. The molecule has 1 saturated carbocycles. The summed E-state index contributed by atoms with van der Waals surface area (Å²) in [5.74, 6) is 2.06. The number of benzene rings is 4. The molecular weight excluding hydrogens is 486 g/mol. The van der Waals surface area contributed by atoms with Crippen LogP contribution < -0.4 is 0 Å². The van der Waals surface area contributed by atoms with Gasteiger partial charge in [-0.1, -0.05) is 48.5 Å². The fraction of sp³-hybridized carbons (Fsp3) is 0.250. The maximum atomic E-state index is 13.6. The Hall–Kier alpha value is -4.52. The van der Waals surface area contributed by atoms with Gasteiger partial charge >= 0.3 is 0 Å². The molecule has 1 aromatic heterocycles. The fourth-order valence-electron chi connectivity index (χ4n) is 7.23. The van der Waals surface area contributed by atoms with Crippen molar-refractivity contribution in [3.8, 4) is 11.1 Å². The summed E-state index contributed by atoms with van der Waals surface area (Å²) in [7, 11) is 0. The van der Waals surface area contributed by atoms with Crippen LogP contribution in [0.2, 0.25) is 0 Å². The number of nitrogens with one attached hydrogen (secondary N) is 1. The highest BCUT2D eigenvalue weighted by atomic mass is 16.2. The van der Waals surface area contributed by atoms with Crippen LogP contribution >= 0.6 is 0 Å². The van der Waals surface area contributed by atoms with E-state index >= 15 is 0 Å². The number of fused-ring (bicyclic) bond motifs is 6. The number of amides is 2. The molecule has 39 heavy (non-hydrogen) atoms. The molecule has 8 rings (SSSR count). The van der Waals surface area contributed by atoms with Crippen molar-refractivity contribution >= 4 is 33.6 Å². The topological polar surface area (TPSA) is 82.2 Å². The molecule has 0 bridgehead atoms. The van der Waals surface area contributed by atoms with E-state index in [1.807, 2.05) is 58.3 Å². The largest absolute Gasteiger partial charge is 0.338 e. The van der Waals surface area contributed by atoms with Gasteiger partial charge in [-0.25, -0.2) is 0 Å². The summed E-state index contributed by atoms with van der Waals surface area (Å²) in [6.07, 6.45) is 0. The van der Waals surface area contributed by atoms with E-state index in [1.165, 1.54) is 5.56 Å². The quantitative estimate of drug-likeness (QED) is 0.373. The van der Waals surface area contributed by atoms with Gasteiger partial charge in [-0.15, -0.1) is 0 Å². The molecule has 7 nitrogen and oxygen atoms in total. The Morgan fingerprint density at radius 2 is 1.18 bits per heavy atom. The molecule has 0 unspecified atom stereocenters. The Kier molecular flexibility index (Phi) is 4.89. The number of hydrogen-bond acceptors (Lipinski definition) is 4. The molecule has 3 heterocycles. The fourth-order valence-corrected chi connectivity index (χ4v) is 7.23. The summed E-state index contributed by atoms with van der Waals surface area (Å²) in [5, 5.41) is 13.0. The molecule has 5 aromatic rings. The molecule has 192 valence electrons. The molecule has 1 N–H and O–H groups in total. The Balaban J connectivity index is 0.966. The minimum absolute atomic E-state index is 0.0614. The summed E-state index contributed by atoms with van der Waals surface area (Å²) < 4.78 is 0. The first-order chi connectivity index (χ1) is 19.1. The molecular formula is C32H27N5O2. The van der Waals surface area contributed by atoms with Crippen molar-refractivity contribution in [2.24, 2.45) is 23.7 Å². The Labute approximate surface area is 225 Å². The molecule has 1 aliphatic carbocycles. The van der Waals surface area contributed by atoms with Crippen molar-refractivity contribution in [1.82, 2.24) is 25.2 Å². The lowest BCUT2D eigenvalue weighted by Gasteiger charge is -2.42. The van der Waals surface area contributed by atoms with Crippen LogP contribution in [0, 0.1) is 23.7 Å². The highest BCUT2D eigenvalue weighted by Gasteiger charge is 2.59. The Morgan fingerprint density at radius 3 is 1.87 bits per heavy atom. The van der Waals surface area contributed by atoms with E-state index in [4.69, 9.17) is 0 Å². The number of aromatic amines is 1. The van der Waals surface area contributed by atoms with Gasteiger partial charge in [0.25, 0.3) is 11.8 Å². The number of rotatable bonds is 3. The lowest BCUT2D eigenvalue weighted by Crippen LogP contribution is -2.44. The van der Waals surface area contributed by atoms with Crippen molar-refractivity contribution in [3.63, 3.8) is 0 Å². The monoisotopic (exact) mass is 513 g/mol. The molecule has 3 aliphatic rings. The minimum atomic E-state index is 0.0614. The van der Waals surface area contributed by atoms with Crippen molar-refractivity contribution in [2.45, 2.75) is 0 Å². The zero-order valence-electron chi connectivity index (χ0n) is 21.3. The molecule has 0 radical (unpaired) electrons. The van der Waals surface area contributed by atoms with E-state index in [1.54, 1.807) is 0 Å². The van der Waals surface area contributed by atoms with E-state index in [2.05, 4.69) is 51.8 Å². The molecule has 2 amide bonds. The highest BCUT2D eigenvalue weighted by molar-refractivity contribution is 6.00. The third-order valence-corrected chi connectivity index (χ3v) is 9.26. The Morgan fingerprint density at radius 1 is 0.590 bits per heavy atom. The third kappa shape index (κ3) is 3.56. The van der Waals surface area contributed by atoms with E-state index in [9.17, 15) is 9.59 Å². The summed E-state index contributed by atoms with van der Waals surface area (Å²) in [6, 6.07) is 28.3. The second-order valence-corrected chi connectivity index (χ2v) is 11.2. The van der Waals surface area contributed by atoms with Crippen molar-refractivity contribution in [2.75, 3.05) is 26.2 Å². The van der Waals surface area contributed by atoms with Crippen LogP contribution in [-0.4, -0.2) is 63.2 Å². The van der Waals surface area contributed by atoms with Crippen molar-refractivity contribution in [3.05, 3.63) is 96.1 Å². The second-order valence-electron chi connectivity index (χ2n) is 11.2. The van der Waals surface area contributed by atoms with E-state index in [0.717, 1.165) is 53.6 Å². The van der Waals surface area contributed by atoms with Gasteiger partial charge in [0.15, 0.2) is 0 Å². The predicted octanol–water partition coefficient (Wildman–Crippen LogP) is 4.87. The van der Waals surface area contributed by atoms with Gasteiger partial charge in [-0.3, -0.25) is 9.59 Å². The number of aromatic nitrogens is 3. The number of nitrogens with zero attached hydrogens (tertiary/aromatic N) is 4. The van der Waals surface area contributed by atoms with Crippen LogP contribution in [0.25, 0.3) is 32.9 Å². The van der Waals surface area contributed by atoms with E-state index < -0.39 is 0 Å². The summed E-state index contributed by atoms with van der Waals surface area (Å²) >= 11 is 0. The maximum absolute atomic E-state index is 13.6. The van der Waals surface area contributed by atoms with Crippen LogP contribution in [0.4, 0.5) is 0 Å². The number of H-pyrrole nitrogens is 1. The molecule has 3 fully saturated rings. The smallest absolute Gasteiger partial charge is 0.253 e. The van der Waals surface area contributed by atoms with Crippen molar-refractivity contribution in [1.29, 1.82) is 0 Å². The molecule has 7 heteroatoms. The number of carbonyl (C=O) groups excluding carboxylic acids is 2. The predicted molar refractivity (Wildman–Crippen MR) is 149 cm³/mol. The van der Waals surface area contributed by atoms with Gasteiger partial charge in [-0.05, 0) is 82.0 Å². The second kappa shape index (κ2) is 8.50. The zero-order valence-corrected chi connectivity index (χ0v) is 21.3. The third-order valence-electron chi connectivity index (χ3n) is 9.26. The zero-order chi connectivity index (χ0) is 26.1. The van der Waals surface area contributed by atoms with Crippen LogP contribution in [0.1, 0.15) is 20.7 Å². The lowest BCUT2D eigenvalue weighted by molar-refractivity contribution is 0.0629. The maximum Gasteiger partial charge on any atom is 0.253 e.